The summed E-state index contributed by atoms with van der Waals surface area (Å²) in [6.07, 6.45) is 3.27. The van der Waals surface area contributed by atoms with E-state index in [9.17, 15) is 14.4 Å². The number of H-pyrrole nitrogens is 1. The maximum absolute atomic E-state index is 13.1. The van der Waals surface area contributed by atoms with E-state index in [0.29, 0.717) is 39.2 Å². The van der Waals surface area contributed by atoms with E-state index in [1.165, 1.54) is 4.57 Å². The lowest BCUT2D eigenvalue weighted by atomic mass is 10.1. The number of carbonyl (C=O) groups is 2. The van der Waals surface area contributed by atoms with Gasteiger partial charge in [0.15, 0.2) is 10.6 Å². The van der Waals surface area contributed by atoms with E-state index in [0.717, 1.165) is 0 Å². The standard InChI is InChI=1S/C26H19N5O3S/c1-30-14-13-27-23(30)22(32)16-7-10-18(11-8-16)28-24(33)17-9-12-20-21(15-17)29-26(35)31(25(20)34)19-5-3-2-4-6-19/h2-15H,1H3,(H,28,33)(H,29,35). The van der Waals surface area contributed by atoms with Crippen LogP contribution in [0.3, 0.4) is 0 Å². The van der Waals surface area contributed by atoms with Crippen LogP contribution in [0.1, 0.15) is 26.5 Å². The molecule has 0 radical (unpaired) electrons. The van der Waals surface area contributed by atoms with Gasteiger partial charge in [-0.15, -0.1) is 0 Å². The molecule has 0 saturated carbocycles. The number of imidazole rings is 1. The van der Waals surface area contributed by atoms with Crippen molar-refractivity contribution in [2.75, 3.05) is 5.32 Å². The van der Waals surface area contributed by atoms with Crippen molar-refractivity contribution in [3.05, 3.63) is 117 Å². The Hall–Kier alpha value is -4.63. The molecule has 5 aromatic rings. The highest BCUT2D eigenvalue weighted by atomic mass is 32.1. The van der Waals surface area contributed by atoms with Crippen LogP contribution in [0.4, 0.5) is 5.69 Å². The first-order valence-corrected chi connectivity index (χ1v) is 11.1. The number of aryl methyl sites for hydroxylation is 1. The molecular formula is C26H19N5O3S. The molecule has 2 N–H and O–H groups in total. The number of rotatable bonds is 5. The summed E-state index contributed by atoms with van der Waals surface area (Å²) >= 11 is 5.41. The fourth-order valence-electron chi connectivity index (χ4n) is 3.79. The van der Waals surface area contributed by atoms with Gasteiger partial charge in [0.05, 0.1) is 16.6 Å². The largest absolute Gasteiger partial charge is 0.331 e. The molecule has 0 aliphatic heterocycles. The first-order valence-electron chi connectivity index (χ1n) is 10.7. The van der Waals surface area contributed by atoms with Crippen LogP contribution in [0, 0.1) is 4.77 Å². The van der Waals surface area contributed by atoms with E-state index < -0.39 is 0 Å². The predicted octanol–water partition coefficient (Wildman–Crippen LogP) is 4.27. The summed E-state index contributed by atoms with van der Waals surface area (Å²) in [7, 11) is 1.75. The second-order valence-electron chi connectivity index (χ2n) is 7.89. The van der Waals surface area contributed by atoms with Crippen LogP contribution in [-0.4, -0.2) is 30.8 Å². The molecule has 0 aliphatic rings. The lowest BCUT2D eigenvalue weighted by Crippen LogP contribution is -2.21. The lowest BCUT2D eigenvalue weighted by Gasteiger charge is -2.10. The average molecular weight is 482 g/mol. The molecule has 0 spiro atoms. The topological polar surface area (TPSA) is 102 Å². The Labute approximate surface area is 204 Å². The first-order chi connectivity index (χ1) is 16.9. The van der Waals surface area contributed by atoms with Crippen LogP contribution in [0.5, 0.6) is 0 Å². The minimum absolute atomic E-state index is 0.207. The summed E-state index contributed by atoms with van der Waals surface area (Å²) in [5.41, 5.74) is 2.20. The van der Waals surface area contributed by atoms with Gasteiger partial charge in [0, 0.05) is 36.3 Å². The fourth-order valence-corrected chi connectivity index (χ4v) is 4.09. The van der Waals surface area contributed by atoms with E-state index in [4.69, 9.17) is 12.2 Å². The Kier molecular flexibility index (Phi) is 5.68. The summed E-state index contributed by atoms with van der Waals surface area (Å²) in [6, 6.07) is 20.5. The summed E-state index contributed by atoms with van der Waals surface area (Å²) in [6.45, 7) is 0. The molecule has 0 unspecified atom stereocenters. The molecular weight excluding hydrogens is 462 g/mol. The van der Waals surface area contributed by atoms with E-state index in [1.54, 1.807) is 78.6 Å². The normalized spacial score (nSPS) is 10.9. The molecule has 5 rings (SSSR count). The molecule has 2 aromatic heterocycles. The van der Waals surface area contributed by atoms with Gasteiger partial charge in [-0.1, -0.05) is 18.2 Å². The predicted molar refractivity (Wildman–Crippen MR) is 136 cm³/mol. The quantitative estimate of drug-likeness (QED) is 0.288. The SMILES string of the molecule is Cn1ccnc1C(=O)c1ccc(NC(=O)c2ccc3c(=O)n(-c4ccccc4)c(=S)[nH]c3c2)cc1. The van der Waals surface area contributed by atoms with Crippen molar-refractivity contribution in [2.45, 2.75) is 0 Å². The minimum atomic E-state index is -0.360. The zero-order chi connectivity index (χ0) is 24.5. The van der Waals surface area contributed by atoms with E-state index in [1.807, 2.05) is 18.2 Å². The van der Waals surface area contributed by atoms with Crippen molar-refractivity contribution >= 4 is 40.5 Å². The van der Waals surface area contributed by atoms with Crippen molar-refractivity contribution in [1.29, 1.82) is 0 Å². The molecule has 9 heteroatoms. The summed E-state index contributed by atoms with van der Waals surface area (Å²) in [5, 5.41) is 3.22. The Morgan fingerprint density at radius 1 is 0.971 bits per heavy atom. The number of nitrogens with one attached hydrogen (secondary N) is 2. The lowest BCUT2D eigenvalue weighted by molar-refractivity contribution is 0.102. The van der Waals surface area contributed by atoms with Gasteiger partial charge < -0.3 is 14.9 Å². The van der Waals surface area contributed by atoms with E-state index >= 15 is 0 Å². The second kappa shape index (κ2) is 8.96. The van der Waals surface area contributed by atoms with Gasteiger partial charge in [0.2, 0.25) is 5.78 Å². The maximum atomic E-state index is 13.1. The third-order valence-corrected chi connectivity index (χ3v) is 5.89. The molecule has 0 fully saturated rings. The zero-order valence-corrected chi connectivity index (χ0v) is 19.4. The number of aromatic amines is 1. The van der Waals surface area contributed by atoms with Gasteiger partial charge in [-0.05, 0) is 66.8 Å². The van der Waals surface area contributed by atoms with Crippen LogP contribution < -0.4 is 10.9 Å². The zero-order valence-electron chi connectivity index (χ0n) is 18.6. The number of ketones is 1. The Bertz CT molecular complexity index is 1700. The van der Waals surface area contributed by atoms with Gasteiger partial charge in [-0.2, -0.15) is 0 Å². The molecule has 3 aromatic carbocycles. The number of hydrogen-bond donors (Lipinski definition) is 2. The number of para-hydroxylation sites is 1. The highest BCUT2D eigenvalue weighted by molar-refractivity contribution is 7.71. The monoisotopic (exact) mass is 481 g/mol. The third kappa shape index (κ3) is 4.20. The summed E-state index contributed by atoms with van der Waals surface area (Å²) < 4.78 is 3.31. The smallest absolute Gasteiger partial charge is 0.266 e. The average Bonchev–Trinajstić information content (AvgIpc) is 3.30. The van der Waals surface area contributed by atoms with Crippen molar-refractivity contribution in [3.63, 3.8) is 0 Å². The van der Waals surface area contributed by atoms with E-state index in [-0.39, 0.29) is 22.0 Å². The van der Waals surface area contributed by atoms with Gasteiger partial charge in [-0.25, -0.2) is 4.98 Å². The summed E-state index contributed by atoms with van der Waals surface area (Å²) in [5.74, 6) is -0.232. The second-order valence-corrected chi connectivity index (χ2v) is 8.28. The van der Waals surface area contributed by atoms with Crippen LogP contribution in [0.15, 0.2) is 90.0 Å². The van der Waals surface area contributed by atoms with Crippen molar-refractivity contribution < 1.29 is 9.59 Å². The molecule has 0 aliphatic carbocycles. The van der Waals surface area contributed by atoms with Crippen LogP contribution in [0.25, 0.3) is 16.6 Å². The van der Waals surface area contributed by atoms with Crippen molar-refractivity contribution in [2.24, 2.45) is 7.05 Å². The molecule has 0 bridgehead atoms. The number of fused-ring (bicyclic) bond motifs is 1. The number of benzene rings is 3. The highest BCUT2D eigenvalue weighted by Gasteiger charge is 2.15. The van der Waals surface area contributed by atoms with E-state index in [2.05, 4.69) is 15.3 Å². The molecule has 8 nitrogen and oxygen atoms in total. The van der Waals surface area contributed by atoms with Crippen molar-refractivity contribution in [1.82, 2.24) is 19.1 Å². The van der Waals surface area contributed by atoms with Crippen LogP contribution >= 0.6 is 12.2 Å². The highest BCUT2D eigenvalue weighted by Crippen LogP contribution is 2.17. The molecule has 172 valence electrons. The van der Waals surface area contributed by atoms with Gasteiger partial charge in [-0.3, -0.25) is 19.0 Å². The van der Waals surface area contributed by atoms with Crippen LogP contribution in [0.2, 0.25) is 0 Å². The number of carbonyl (C=O) groups excluding carboxylic acids is 2. The molecule has 35 heavy (non-hydrogen) atoms. The summed E-state index contributed by atoms with van der Waals surface area (Å²) in [4.78, 5) is 45.6. The molecule has 1 amide bonds. The van der Waals surface area contributed by atoms with Gasteiger partial charge in [0.25, 0.3) is 11.5 Å². The molecule has 0 saturated heterocycles. The Morgan fingerprint density at radius 2 is 1.69 bits per heavy atom. The van der Waals surface area contributed by atoms with Gasteiger partial charge in [0.1, 0.15) is 0 Å². The number of nitrogens with zero attached hydrogens (tertiary/aromatic N) is 3. The molecule has 2 heterocycles. The van der Waals surface area contributed by atoms with Crippen LogP contribution in [-0.2, 0) is 7.05 Å². The minimum Gasteiger partial charge on any atom is -0.331 e. The Balaban J connectivity index is 1.39. The Morgan fingerprint density at radius 3 is 2.37 bits per heavy atom. The maximum Gasteiger partial charge on any atom is 0.266 e. The number of anilines is 1. The molecule has 0 atom stereocenters. The number of aromatic nitrogens is 4. The van der Waals surface area contributed by atoms with Gasteiger partial charge >= 0.3 is 0 Å². The fraction of sp³-hybridized carbons (Fsp3) is 0.0385. The first kappa shape index (κ1) is 22.2. The third-order valence-electron chi connectivity index (χ3n) is 5.60. The number of amides is 1. The number of hydrogen-bond acceptors (Lipinski definition) is 5. The van der Waals surface area contributed by atoms with Crippen molar-refractivity contribution in [3.8, 4) is 5.69 Å².